The van der Waals surface area contributed by atoms with Crippen LogP contribution in [0.4, 0.5) is 10.6 Å². The maximum Gasteiger partial charge on any atom is 0.327 e. The van der Waals surface area contributed by atoms with E-state index >= 15 is 0 Å². The number of carbonyl (C=O) groups is 2. The third-order valence-electron chi connectivity index (χ3n) is 2.91. The van der Waals surface area contributed by atoms with Gasteiger partial charge in [0.15, 0.2) is 5.82 Å². The van der Waals surface area contributed by atoms with Gasteiger partial charge >= 0.3 is 12.0 Å². The number of hydrogen-bond acceptors (Lipinski definition) is 4. The lowest BCUT2D eigenvalue weighted by atomic mass is 10.3. The molecular weight excluding hydrogens is 268 g/mol. The SMILES string of the molecule is CCC1SCC(C(=O)O)N1C(=O)Nc1ccn(C)n1. The molecule has 104 valence electrons. The monoisotopic (exact) mass is 284 g/mol. The van der Waals surface area contributed by atoms with E-state index in [9.17, 15) is 9.59 Å². The molecule has 1 aliphatic rings. The van der Waals surface area contributed by atoms with Gasteiger partial charge in [-0.25, -0.2) is 9.59 Å². The number of urea groups is 1. The molecule has 0 saturated carbocycles. The molecule has 2 rings (SSSR count). The van der Waals surface area contributed by atoms with Gasteiger partial charge in [0.1, 0.15) is 6.04 Å². The molecule has 0 radical (unpaired) electrons. The predicted octanol–water partition coefficient (Wildman–Crippen LogP) is 1.19. The molecule has 0 aromatic carbocycles. The Bertz CT molecular complexity index is 490. The van der Waals surface area contributed by atoms with Crippen LogP contribution >= 0.6 is 11.8 Å². The molecule has 1 saturated heterocycles. The summed E-state index contributed by atoms with van der Waals surface area (Å²) in [6, 6.07) is 0.472. The maximum atomic E-state index is 12.2. The summed E-state index contributed by atoms with van der Waals surface area (Å²) < 4.78 is 1.57. The van der Waals surface area contributed by atoms with Crippen molar-refractivity contribution in [2.45, 2.75) is 24.8 Å². The summed E-state index contributed by atoms with van der Waals surface area (Å²) in [5.41, 5.74) is 0. The minimum Gasteiger partial charge on any atom is -0.480 e. The van der Waals surface area contributed by atoms with Gasteiger partial charge in [-0.1, -0.05) is 6.92 Å². The molecule has 2 N–H and O–H groups in total. The van der Waals surface area contributed by atoms with Crippen LogP contribution < -0.4 is 5.32 Å². The molecule has 2 unspecified atom stereocenters. The van der Waals surface area contributed by atoms with Crippen molar-refractivity contribution in [3.63, 3.8) is 0 Å². The number of amides is 2. The molecule has 1 aromatic rings. The van der Waals surface area contributed by atoms with Crippen LogP contribution in [0.5, 0.6) is 0 Å². The minimum atomic E-state index is -0.973. The quantitative estimate of drug-likeness (QED) is 0.870. The molecular formula is C11H16N4O3S. The van der Waals surface area contributed by atoms with Gasteiger partial charge in [0.25, 0.3) is 0 Å². The van der Waals surface area contributed by atoms with Gasteiger partial charge in [0.2, 0.25) is 0 Å². The number of aryl methyl sites for hydroxylation is 1. The zero-order chi connectivity index (χ0) is 14.0. The first-order valence-electron chi connectivity index (χ1n) is 5.96. The van der Waals surface area contributed by atoms with E-state index in [1.54, 1.807) is 24.0 Å². The van der Waals surface area contributed by atoms with E-state index in [2.05, 4.69) is 10.4 Å². The molecule has 0 spiro atoms. The van der Waals surface area contributed by atoms with Crippen molar-refractivity contribution in [2.75, 3.05) is 11.1 Å². The first kappa shape index (κ1) is 13.7. The number of carboxylic acids is 1. The fourth-order valence-electron chi connectivity index (χ4n) is 2.00. The van der Waals surface area contributed by atoms with Crippen LogP contribution in [0.25, 0.3) is 0 Å². The van der Waals surface area contributed by atoms with E-state index < -0.39 is 18.0 Å². The Morgan fingerprint density at radius 3 is 2.89 bits per heavy atom. The Morgan fingerprint density at radius 2 is 2.37 bits per heavy atom. The minimum absolute atomic E-state index is 0.107. The summed E-state index contributed by atoms with van der Waals surface area (Å²) in [7, 11) is 1.75. The van der Waals surface area contributed by atoms with Gasteiger partial charge in [0, 0.05) is 25.1 Å². The van der Waals surface area contributed by atoms with E-state index in [0.717, 1.165) is 0 Å². The fourth-order valence-corrected chi connectivity index (χ4v) is 3.34. The average Bonchev–Trinajstić information content (AvgIpc) is 2.94. The number of rotatable bonds is 3. The van der Waals surface area contributed by atoms with Crippen molar-refractivity contribution in [3.8, 4) is 0 Å². The first-order valence-corrected chi connectivity index (χ1v) is 7.01. The van der Waals surface area contributed by atoms with Crippen LogP contribution in [0.15, 0.2) is 12.3 Å². The van der Waals surface area contributed by atoms with E-state index in [0.29, 0.717) is 18.0 Å². The van der Waals surface area contributed by atoms with Crippen molar-refractivity contribution in [1.29, 1.82) is 0 Å². The highest BCUT2D eigenvalue weighted by molar-refractivity contribution is 8.00. The lowest BCUT2D eigenvalue weighted by molar-refractivity contribution is -0.141. The third kappa shape index (κ3) is 2.83. The number of aliphatic carboxylic acids is 1. The number of carbonyl (C=O) groups excluding carboxylic acids is 1. The number of nitrogens with one attached hydrogen (secondary N) is 1. The van der Waals surface area contributed by atoms with Crippen molar-refractivity contribution in [1.82, 2.24) is 14.7 Å². The van der Waals surface area contributed by atoms with Crippen LogP contribution in [0.1, 0.15) is 13.3 Å². The molecule has 7 nitrogen and oxygen atoms in total. The molecule has 2 amide bonds. The normalized spacial score (nSPS) is 22.5. The van der Waals surface area contributed by atoms with Crippen LogP contribution in [-0.4, -0.2) is 49.0 Å². The smallest absolute Gasteiger partial charge is 0.327 e. The van der Waals surface area contributed by atoms with Gasteiger partial charge in [0.05, 0.1) is 5.37 Å². The number of anilines is 1. The highest BCUT2D eigenvalue weighted by atomic mass is 32.2. The van der Waals surface area contributed by atoms with Crippen LogP contribution in [-0.2, 0) is 11.8 Å². The number of thioether (sulfide) groups is 1. The second-order valence-electron chi connectivity index (χ2n) is 4.26. The number of nitrogens with zero attached hydrogens (tertiary/aromatic N) is 3. The van der Waals surface area contributed by atoms with Gasteiger partial charge in [-0.05, 0) is 6.42 Å². The maximum absolute atomic E-state index is 12.2. The second kappa shape index (κ2) is 5.52. The molecule has 19 heavy (non-hydrogen) atoms. The van der Waals surface area contributed by atoms with Crippen LogP contribution in [0.3, 0.4) is 0 Å². The van der Waals surface area contributed by atoms with Gasteiger partial charge < -0.3 is 5.11 Å². The zero-order valence-corrected chi connectivity index (χ0v) is 11.6. The molecule has 1 aromatic heterocycles. The topological polar surface area (TPSA) is 87.5 Å². The third-order valence-corrected chi connectivity index (χ3v) is 4.36. The first-order chi connectivity index (χ1) is 9.02. The van der Waals surface area contributed by atoms with Crippen LogP contribution in [0.2, 0.25) is 0 Å². The Balaban J connectivity index is 2.12. The predicted molar refractivity (Wildman–Crippen MR) is 72.0 cm³/mol. The van der Waals surface area contributed by atoms with Crippen LogP contribution in [0, 0.1) is 0 Å². The number of aromatic nitrogens is 2. The Morgan fingerprint density at radius 1 is 1.63 bits per heavy atom. The number of hydrogen-bond donors (Lipinski definition) is 2. The summed E-state index contributed by atoms with van der Waals surface area (Å²) in [6.07, 6.45) is 2.42. The Hall–Kier alpha value is -1.70. The van der Waals surface area contributed by atoms with Gasteiger partial charge in [-0.15, -0.1) is 11.8 Å². The lowest BCUT2D eigenvalue weighted by Gasteiger charge is -2.26. The molecule has 1 fully saturated rings. The van der Waals surface area contributed by atoms with Crippen molar-refractivity contribution >= 4 is 29.6 Å². The van der Waals surface area contributed by atoms with Gasteiger partial charge in [-0.3, -0.25) is 14.9 Å². The summed E-state index contributed by atoms with van der Waals surface area (Å²) in [4.78, 5) is 24.8. The molecule has 0 bridgehead atoms. The highest BCUT2D eigenvalue weighted by Gasteiger charge is 2.40. The Kier molecular flexibility index (Phi) is 3.98. The second-order valence-corrected chi connectivity index (χ2v) is 5.47. The van der Waals surface area contributed by atoms with Gasteiger partial charge in [-0.2, -0.15) is 5.10 Å². The zero-order valence-electron chi connectivity index (χ0n) is 10.7. The van der Waals surface area contributed by atoms with E-state index in [1.165, 1.54) is 16.7 Å². The standard InChI is InChI=1S/C11H16N4O3S/c1-3-9-15(7(6-19-9)10(16)17)11(18)12-8-4-5-14(2)13-8/h4-5,7,9H,3,6H2,1-2H3,(H,16,17)(H,12,13,18). The van der Waals surface area contributed by atoms with Crippen molar-refractivity contribution < 1.29 is 14.7 Å². The largest absolute Gasteiger partial charge is 0.480 e. The lowest BCUT2D eigenvalue weighted by Crippen LogP contribution is -2.47. The number of carboxylic acid groups (broad SMARTS) is 1. The van der Waals surface area contributed by atoms with E-state index in [-0.39, 0.29) is 5.37 Å². The summed E-state index contributed by atoms with van der Waals surface area (Å²) in [5, 5.41) is 15.7. The molecule has 8 heteroatoms. The molecule has 2 atom stereocenters. The summed E-state index contributed by atoms with van der Waals surface area (Å²) in [6.45, 7) is 1.93. The average molecular weight is 284 g/mol. The molecule has 2 heterocycles. The van der Waals surface area contributed by atoms with E-state index in [4.69, 9.17) is 5.11 Å². The molecule has 1 aliphatic heterocycles. The Labute approximate surface area is 115 Å². The van der Waals surface area contributed by atoms with Crippen molar-refractivity contribution in [3.05, 3.63) is 12.3 Å². The highest BCUT2D eigenvalue weighted by Crippen LogP contribution is 2.31. The molecule has 0 aliphatic carbocycles. The van der Waals surface area contributed by atoms with Crippen molar-refractivity contribution in [2.24, 2.45) is 7.05 Å². The van der Waals surface area contributed by atoms with E-state index in [1.807, 2.05) is 6.92 Å². The summed E-state index contributed by atoms with van der Waals surface area (Å²) in [5.74, 6) is -0.133. The summed E-state index contributed by atoms with van der Waals surface area (Å²) >= 11 is 1.49. The fraction of sp³-hybridized carbons (Fsp3) is 0.545.